The van der Waals surface area contributed by atoms with E-state index >= 15 is 0 Å². The summed E-state index contributed by atoms with van der Waals surface area (Å²) in [4.78, 5) is 11.6. The van der Waals surface area contributed by atoms with E-state index in [-0.39, 0.29) is 5.91 Å². The van der Waals surface area contributed by atoms with E-state index in [0.717, 1.165) is 17.5 Å². The highest BCUT2D eigenvalue weighted by Gasteiger charge is 2.06. The van der Waals surface area contributed by atoms with Crippen molar-refractivity contribution in [1.29, 1.82) is 0 Å². The van der Waals surface area contributed by atoms with Crippen LogP contribution in [0.15, 0.2) is 30.5 Å². The normalized spacial score (nSPS) is 10.6. The minimum atomic E-state index is -0.00588. The van der Waals surface area contributed by atoms with Crippen molar-refractivity contribution in [3.05, 3.63) is 36.0 Å². The molecule has 0 saturated carbocycles. The molecule has 1 N–H and O–H groups in total. The predicted octanol–water partition coefficient (Wildman–Crippen LogP) is 2.41. The molecule has 0 fully saturated rings. The summed E-state index contributed by atoms with van der Waals surface area (Å²) >= 11 is 0. The Hall–Kier alpha value is -1.77. The summed E-state index contributed by atoms with van der Waals surface area (Å²) in [6, 6.07) is 7.86. The molecule has 0 aliphatic heterocycles. The van der Waals surface area contributed by atoms with Crippen LogP contribution in [0.4, 0.5) is 0 Å². The van der Waals surface area contributed by atoms with Gasteiger partial charge in [-0.25, -0.2) is 0 Å². The Bertz CT molecular complexity index is 514. The van der Waals surface area contributed by atoms with Crippen molar-refractivity contribution in [3.63, 3.8) is 0 Å². The first-order valence-electron chi connectivity index (χ1n) is 5.63. The number of aryl methyl sites for hydroxylation is 1. The van der Waals surface area contributed by atoms with Crippen molar-refractivity contribution in [2.75, 3.05) is 6.54 Å². The molecule has 3 nitrogen and oxygen atoms in total. The second-order valence-electron chi connectivity index (χ2n) is 3.73. The Morgan fingerprint density at radius 1 is 1.31 bits per heavy atom. The van der Waals surface area contributed by atoms with E-state index in [1.54, 1.807) is 0 Å². The van der Waals surface area contributed by atoms with Gasteiger partial charge in [-0.15, -0.1) is 0 Å². The van der Waals surface area contributed by atoms with Crippen LogP contribution in [0, 0.1) is 0 Å². The Labute approximate surface area is 95.1 Å². The lowest BCUT2D eigenvalue weighted by Crippen LogP contribution is -2.22. The molecular weight excluding hydrogens is 200 g/mol. The van der Waals surface area contributed by atoms with Crippen LogP contribution >= 0.6 is 0 Å². The van der Waals surface area contributed by atoms with Gasteiger partial charge in [-0.2, -0.15) is 0 Å². The summed E-state index contributed by atoms with van der Waals surface area (Å²) in [6.07, 6.45) is 2.05. The second kappa shape index (κ2) is 4.39. The van der Waals surface area contributed by atoms with Crippen LogP contribution in [0.5, 0.6) is 0 Å². The molecule has 0 radical (unpaired) electrons. The summed E-state index contributed by atoms with van der Waals surface area (Å²) < 4.78 is 2.16. The van der Waals surface area contributed by atoms with E-state index in [1.165, 1.54) is 5.52 Å². The lowest BCUT2D eigenvalue weighted by atomic mass is 10.1. The summed E-state index contributed by atoms with van der Waals surface area (Å²) in [5, 5.41) is 3.92. The molecule has 84 valence electrons. The molecule has 0 spiro atoms. The molecule has 1 aromatic carbocycles. The molecule has 1 heterocycles. The van der Waals surface area contributed by atoms with Gasteiger partial charge in [-0.3, -0.25) is 4.79 Å². The van der Waals surface area contributed by atoms with Crippen LogP contribution in [0.2, 0.25) is 0 Å². The maximum Gasteiger partial charge on any atom is 0.251 e. The first kappa shape index (κ1) is 10.7. The fourth-order valence-corrected chi connectivity index (χ4v) is 1.88. The van der Waals surface area contributed by atoms with E-state index < -0.39 is 0 Å². The first-order valence-corrected chi connectivity index (χ1v) is 5.63. The predicted molar refractivity (Wildman–Crippen MR) is 65.6 cm³/mol. The Balaban J connectivity index is 2.41. The number of hydrogen-bond acceptors (Lipinski definition) is 1. The molecule has 1 amide bonds. The zero-order chi connectivity index (χ0) is 11.5. The largest absolute Gasteiger partial charge is 0.352 e. The van der Waals surface area contributed by atoms with Crippen LogP contribution < -0.4 is 5.32 Å². The molecule has 0 bridgehead atoms. The standard InChI is InChI=1S/C13H16N2O/c1-3-14-13(16)11-5-6-12-10(9-11)7-8-15(12)4-2/h5-9H,3-4H2,1-2H3,(H,14,16). The first-order chi connectivity index (χ1) is 7.76. The Kier molecular flexibility index (Phi) is 2.95. The van der Waals surface area contributed by atoms with Crippen molar-refractivity contribution in [2.24, 2.45) is 0 Å². The van der Waals surface area contributed by atoms with Crippen LogP contribution in [0.3, 0.4) is 0 Å². The number of nitrogens with one attached hydrogen (secondary N) is 1. The van der Waals surface area contributed by atoms with Crippen molar-refractivity contribution in [3.8, 4) is 0 Å². The summed E-state index contributed by atoms with van der Waals surface area (Å²) in [5.74, 6) is -0.00588. The molecule has 0 aliphatic carbocycles. The molecule has 0 saturated heterocycles. The van der Waals surface area contributed by atoms with Gasteiger partial charge in [-0.1, -0.05) is 0 Å². The number of hydrogen-bond donors (Lipinski definition) is 1. The topological polar surface area (TPSA) is 34.0 Å². The fraction of sp³-hybridized carbons (Fsp3) is 0.308. The number of fused-ring (bicyclic) bond motifs is 1. The number of nitrogens with zero attached hydrogens (tertiary/aromatic N) is 1. The van der Waals surface area contributed by atoms with Gasteiger partial charge in [0.1, 0.15) is 0 Å². The van der Waals surface area contributed by atoms with Crippen LogP contribution in [0.1, 0.15) is 24.2 Å². The lowest BCUT2D eigenvalue weighted by molar-refractivity contribution is 0.0956. The van der Waals surface area contributed by atoms with Crippen molar-refractivity contribution >= 4 is 16.8 Å². The van der Waals surface area contributed by atoms with E-state index in [9.17, 15) is 4.79 Å². The monoisotopic (exact) mass is 216 g/mol. The summed E-state index contributed by atoms with van der Waals surface area (Å²) in [6.45, 7) is 5.64. The smallest absolute Gasteiger partial charge is 0.251 e. The van der Waals surface area contributed by atoms with Gasteiger partial charge < -0.3 is 9.88 Å². The third-order valence-corrected chi connectivity index (χ3v) is 2.71. The minimum Gasteiger partial charge on any atom is -0.352 e. The van der Waals surface area contributed by atoms with Crippen molar-refractivity contribution in [1.82, 2.24) is 9.88 Å². The van der Waals surface area contributed by atoms with E-state index in [0.29, 0.717) is 6.54 Å². The number of benzene rings is 1. The zero-order valence-electron chi connectivity index (χ0n) is 9.66. The van der Waals surface area contributed by atoms with Gasteiger partial charge in [0.25, 0.3) is 5.91 Å². The SMILES string of the molecule is CCNC(=O)c1ccc2c(ccn2CC)c1. The maximum atomic E-state index is 11.6. The van der Waals surface area contributed by atoms with Crippen LogP contribution in [-0.4, -0.2) is 17.0 Å². The van der Waals surface area contributed by atoms with Gasteiger partial charge >= 0.3 is 0 Å². The molecule has 2 aromatic rings. The van der Waals surface area contributed by atoms with Gasteiger partial charge in [0.05, 0.1) is 0 Å². The summed E-state index contributed by atoms with van der Waals surface area (Å²) in [5.41, 5.74) is 1.90. The van der Waals surface area contributed by atoms with Gasteiger partial charge in [0.15, 0.2) is 0 Å². The van der Waals surface area contributed by atoms with E-state index in [2.05, 4.69) is 16.8 Å². The molecule has 1 aromatic heterocycles. The third kappa shape index (κ3) is 1.81. The molecule has 0 unspecified atom stereocenters. The maximum absolute atomic E-state index is 11.6. The average Bonchev–Trinajstić information content (AvgIpc) is 2.71. The average molecular weight is 216 g/mol. The number of rotatable bonds is 3. The Morgan fingerprint density at radius 2 is 2.12 bits per heavy atom. The Morgan fingerprint density at radius 3 is 2.81 bits per heavy atom. The highest BCUT2D eigenvalue weighted by Crippen LogP contribution is 2.17. The van der Waals surface area contributed by atoms with E-state index in [4.69, 9.17) is 0 Å². The molecule has 0 aliphatic rings. The lowest BCUT2D eigenvalue weighted by Gasteiger charge is -2.04. The highest BCUT2D eigenvalue weighted by atomic mass is 16.1. The minimum absolute atomic E-state index is 0.00588. The zero-order valence-corrected chi connectivity index (χ0v) is 9.66. The van der Waals surface area contributed by atoms with Crippen LogP contribution in [0.25, 0.3) is 10.9 Å². The third-order valence-electron chi connectivity index (χ3n) is 2.71. The molecule has 16 heavy (non-hydrogen) atoms. The van der Waals surface area contributed by atoms with E-state index in [1.807, 2.05) is 37.4 Å². The fourth-order valence-electron chi connectivity index (χ4n) is 1.88. The highest BCUT2D eigenvalue weighted by molar-refractivity contribution is 5.98. The molecule has 3 heteroatoms. The summed E-state index contributed by atoms with van der Waals surface area (Å²) in [7, 11) is 0. The molecular formula is C13H16N2O. The van der Waals surface area contributed by atoms with Crippen molar-refractivity contribution in [2.45, 2.75) is 20.4 Å². The number of carbonyl (C=O) groups is 1. The van der Waals surface area contributed by atoms with Gasteiger partial charge in [0, 0.05) is 35.8 Å². The van der Waals surface area contributed by atoms with Gasteiger partial charge in [-0.05, 0) is 38.1 Å². The molecule has 0 atom stereocenters. The number of carbonyl (C=O) groups excluding carboxylic acids is 1. The number of amides is 1. The van der Waals surface area contributed by atoms with Gasteiger partial charge in [0.2, 0.25) is 0 Å². The quantitative estimate of drug-likeness (QED) is 0.840. The number of aromatic nitrogens is 1. The second-order valence-corrected chi connectivity index (χ2v) is 3.73. The molecule has 2 rings (SSSR count). The van der Waals surface area contributed by atoms with Crippen molar-refractivity contribution < 1.29 is 4.79 Å². The van der Waals surface area contributed by atoms with Crippen LogP contribution in [-0.2, 0) is 6.54 Å².